The monoisotopic (exact) mass is 294 g/mol. The molecule has 3 unspecified atom stereocenters. The summed E-state index contributed by atoms with van der Waals surface area (Å²) in [6, 6.07) is 9.77. The first-order valence-corrected chi connectivity index (χ1v) is 7.45. The van der Waals surface area contributed by atoms with Gasteiger partial charge in [0.15, 0.2) is 0 Å². The lowest BCUT2D eigenvalue weighted by atomic mass is 9.78. The van der Waals surface area contributed by atoms with E-state index in [0.717, 1.165) is 12.0 Å². The summed E-state index contributed by atoms with van der Waals surface area (Å²) in [7, 11) is 0. The SMILES string of the molecule is CCOC(=O)C1CCC(C(Cl)c2ccccc2)CC1=O. The Morgan fingerprint density at radius 2 is 2.05 bits per heavy atom. The number of rotatable bonds is 4. The quantitative estimate of drug-likeness (QED) is 0.485. The Balaban J connectivity index is 1.99. The first kappa shape index (κ1) is 15.0. The molecule has 0 N–H and O–H groups in total. The predicted molar refractivity (Wildman–Crippen MR) is 77.5 cm³/mol. The summed E-state index contributed by atoms with van der Waals surface area (Å²) in [6.45, 7) is 2.06. The normalized spacial score (nSPS) is 24.2. The minimum Gasteiger partial charge on any atom is -0.465 e. The van der Waals surface area contributed by atoms with Crippen LogP contribution in [-0.2, 0) is 14.3 Å². The van der Waals surface area contributed by atoms with Gasteiger partial charge in [-0.2, -0.15) is 0 Å². The number of esters is 1. The second-order valence-electron chi connectivity index (χ2n) is 5.12. The third-order valence-electron chi connectivity index (χ3n) is 3.78. The molecule has 108 valence electrons. The summed E-state index contributed by atoms with van der Waals surface area (Å²) in [4.78, 5) is 23.8. The standard InChI is InChI=1S/C16H19ClO3/c1-2-20-16(19)13-9-8-12(10-14(13)18)15(17)11-6-4-3-5-7-11/h3-7,12-13,15H,2,8-10H2,1H3. The van der Waals surface area contributed by atoms with Crippen molar-refractivity contribution in [2.24, 2.45) is 11.8 Å². The van der Waals surface area contributed by atoms with Crippen molar-refractivity contribution in [2.75, 3.05) is 6.61 Å². The zero-order valence-electron chi connectivity index (χ0n) is 11.5. The predicted octanol–water partition coefficient (Wildman–Crippen LogP) is 3.52. The van der Waals surface area contributed by atoms with E-state index in [1.54, 1.807) is 6.92 Å². The molecular weight excluding hydrogens is 276 g/mol. The third-order valence-corrected chi connectivity index (χ3v) is 4.39. The highest BCUT2D eigenvalue weighted by Gasteiger charge is 2.37. The van der Waals surface area contributed by atoms with Crippen molar-refractivity contribution in [3.05, 3.63) is 35.9 Å². The van der Waals surface area contributed by atoms with Crippen molar-refractivity contribution in [3.63, 3.8) is 0 Å². The first-order chi connectivity index (χ1) is 9.63. The van der Waals surface area contributed by atoms with Crippen LogP contribution >= 0.6 is 11.6 Å². The highest BCUT2D eigenvalue weighted by Crippen LogP contribution is 2.39. The number of ketones is 1. The van der Waals surface area contributed by atoms with Gasteiger partial charge in [0.05, 0.1) is 12.0 Å². The summed E-state index contributed by atoms with van der Waals surface area (Å²) in [5, 5.41) is -0.178. The van der Waals surface area contributed by atoms with Crippen LogP contribution < -0.4 is 0 Å². The Labute approximate surface area is 124 Å². The van der Waals surface area contributed by atoms with E-state index in [1.165, 1.54) is 0 Å². The average Bonchev–Trinajstić information content (AvgIpc) is 2.47. The summed E-state index contributed by atoms with van der Waals surface area (Å²) >= 11 is 6.47. The third kappa shape index (κ3) is 3.40. The van der Waals surface area contributed by atoms with Gasteiger partial charge in [-0.3, -0.25) is 9.59 Å². The van der Waals surface area contributed by atoms with Crippen LogP contribution in [-0.4, -0.2) is 18.4 Å². The maximum Gasteiger partial charge on any atom is 0.316 e. The lowest BCUT2D eigenvalue weighted by Gasteiger charge is -2.29. The van der Waals surface area contributed by atoms with Crippen LogP contribution in [0, 0.1) is 11.8 Å². The van der Waals surface area contributed by atoms with E-state index in [2.05, 4.69) is 0 Å². The van der Waals surface area contributed by atoms with Gasteiger partial charge in [0.2, 0.25) is 0 Å². The molecule has 0 saturated heterocycles. The molecule has 4 heteroatoms. The van der Waals surface area contributed by atoms with Crippen LogP contribution in [0.5, 0.6) is 0 Å². The summed E-state index contributed by atoms with van der Waals surface area (Å²) < 4.78 is 4.94. The van der Waals surface area contributed by atoms with Crippen LogP contribution in [0.1, 0.15) is 37.1 Å². The van der Waals surface area contributed by atoms with Crippen molar-refractivity contribution in [3.8, 4) is 0 Å². The molecule has 0 bridgehead atoms. The van der Waals surface area contributed by atoms with Crippen LogP contribution in [0.3, 0.4) is 0 Å². The van der Waals surface area contributed by atoms with E-state index in [-0.39, 0.29) is 23.0 Å². The summed E-state index contributed by atoms with van der Waals surface area (Å²) in [5.74, 6) is -0.925. The Hall–Kier alpha value is -1.35. The molecule has 1 aliphatic rings. The molecule has 0 radical (unpaired) electrons. The van der Waals surface area contributed by atoms with Crippen LogP contribution in [0.25, 0.3) is 0 Å². The molecule has 2 rings (SSSR count). The minimum atomic E-state index is -0.592. The number of Topliss-reactive ketones (excluding diaryl/α,β-unsaturated/α-hetero) is 1. The van der Waals surface area contributed by atoms with Crippen molar-refractivity contribution in [1.29, 1.82) is 0 Å². The van der Waals surface area contributed by atoms with Gasteiger partial charge in [-0.1, -0.05) is 30.3 Å². The number of carbonyl (C=O) groups is 2. The Kier molecular flexibility index (Phi) is 5.18. The van der Waals surface area contributed by atoms with Gasteiger partial charge in [0, 0.05) is 6.42 Å². The number of hydrogen-bond acceptors (Lipinski definition) is 3. The van der Waals surface area contributed by atoms with Crippen molar-refractivity contribution >= 4 is 23.4 Å². The number of hydrogen-bond donors (Lipinski definition) is 0. The lowest BCUT2D eigenvalue weighted by molar-refractivity contribution is -0.153. The topological polar surface area (TPSA) is 43.4 Å². The molecule has 1 aliphatic carbocycles. The summed E-state index contributed by atoms with van der Waals surface area (Å²) in [6.07, 6.45) is 1.67. The number of alkyl halides is 1. The van der Waals surface area contributed by atoms with Gasteiger partial charge < -0.3 is 4.74 Å². The average molecular weight is 295 g/mol. The number of benzene rings is 1. The molecule has 1 aromatic rings. The Morgan fingerprint density at radius 1 is 1.35 bits per heavy atom. The van der Waals surface area contributed by atoms with Gasteiger partial charge in [-0.15, -0.1) is 11.6 Å². The lowest BCUT2D eigenvalue weighted by Crippen LogP contribution is -2.33. The maximum absolute atomic E-state index is 12.1. The highest BCUT2D eigenvalue weighted by atomic mass is 35.5. The molecule has 0 spiro atoms. The second kappa shape index (κ2) is 6.89. The van der Waals surface area contributed by atoms with Gasteiger partial charge in [0.25, 0.3) is 0 Å². The maximum atomic E-state index is 12.1. The minimum absolute atomic E-state index is 0.0405. The molecule has 0 amide bonds. The first-order valence-electron chi connectivity index (χ1n) is 7.01. The van der Waals surface area contributed by atoms with E-state index in [1.807, 2.05) is 30.3 Å². The van der Waals surface area contributed by atoms with E-state index < -0.39 is 5.92 Å². The fourth-order valence-corrected chi connectivity index (χ4v) is 3.06. The fourth-order valence-electron chi connectivity index (χ4n) is 2.70. The number of carbonyl (C=O) groups excluding carboxylic acids is 2. The van der Waals surface area contributed by atoms with E-state index in [0.29, 0.717) is 19.4 Å². The molecule has 3 nitrogen and oxygen atoms in total. The molecule has 3 atom stereocenters. The zero-order valence-corrected chi connectivity index (χ0v) is 12.3. The largest absolute Gasteiger partial charge is 0.465 e. The molecule has 0 aromatic heterocycles. The Bertz CT molecular complexity index is 472. The van der Waals surface area contributed by atoms with Crippen LogP contribution in [0.4, 0.5) is 0 Å². The van der Waals surface area contributed by atoms with Crippen LogP contribution in [0.15, 0.2) is 30.3 Å². The van der Waals surface area contributed by atoms with Gasteiger partial charge in [-0.05, 0) is 31.2 Å². The van der Waals surface area contributed by atoms with Gasteiger partial charge >= 0.3 is 5.97 Å². The molecular formula is C16H19ClO3. The van der Waals surface area contributed by atoms with E-state index in [4.69, 9.17) is 16.3 Å². The van der Waals surface area contributed by atoms with Crippen molar-refractivity contribution < 1.29 is 14.3 Å². The Morgan fingerprint density at radius 3 is 2.65 bits per heavy atom. The molecule has 0 heterocycles. The van der Waals surface area contributed by atoms with Gasteiger partial charge in [0.1, 0.15) is 11.7 Å². The van der Waals surface area contributed by atoms with E-state index >= 15 is 0 Å². The van der Waals surface area contributed by atoms with Crippen molar-refractivity contribution in [2.45, 2.75) is 31.6 Å². The molecule has 1 fully saturated rings. The number of halogens is 1. The molecule has 1 aromatic carbocycles. The van der Waals surface area contributed by atoms with Gasteiger partial charge in [-0.25, -0.2) is 0 Å². The molecule has 1 saturated carbocycles. The summed E-state index contributed by atoms with van der Waals surface area (Å²) in [5.41, 5.74) is 1.03. The zero-order chi connectivity index (χ0) is 14.5. The van der Waals surface area contributed by atoms with E-state index in [9.17, 15) is 9.59 Å². The van der Waals surface area contributed by atoms with Crippen molar-refractivity contribution in [1.82, 2.24) is 0 Å². The second-order valence-corrected chi connectivity index (χ2v) is 5.60. The van der Waals surface area contributed by atoms with Crippen LogP contribution in [0.2, 0.25) is 0 Å². The highest BCUT2D eigenvalue weighted by molar-refractivity contribution is 6.21. The fraction of sp³-hybridized carbons (Fsp3) is 0.500. The molecule has 0 aliphatic heterocycles. The smallest absolute Gasteiger partial charge is 0.316 e. The molecule has 20 heavy (non-hydrogen) atoms. The number of ether oxygens (including phenoxy) is 1.